The van der Waals surface area contributed by atoms with Crippen LogP contribution in [0.15, 0.2) is 53.7 Å². The highest BCUT2D eigenvalue weighted by Gasteiger charge is 2.27. The van der Waals surface area contributed by atoms with Crippen molar-refractivity contribution in [1.82, 2.24) is 9.97 Å². The number of rotatable bonds is 5. The number of aromatic nitrogens is 2. The van der Waals surface area contributed by atoms with Gasteiger partial charge in [0.05, 0.1) is 6.61 Å². The van der Waals surface area contributed by atoms with Crippen LogP contribution in [-0.2, 0) is 11.2 Å². The Morgan fingerprint density at radius 2 is 1.97 bits per heavy atom. The second-order valence-corrected chi connectivity index (χ2v) is 9.25. The maximum Gasteiger partial charge on any atom is 0.250 e. The maximum absolute atomic E-state index is 14.7. The SMILES string of the molecule is Cc1cnc(N2CC[C@H](COc3ccc(-c4ccc5c(c4)OC[S@+]5[O-])cc3F)C2)nc1. The summed E-state index contributed by atoms with van der Waals surface area (Å²) >= 11 is -1.12. The Hall–Kier alpha value is -2.84. The minimum absolute atomic E-state index is 0.175. The molecule has 5 rings (SSSR count). The molecule has 1 saturated heterocycles. The van der Waals surface area contributed by atoms with Crippen LogP contribution in [0.5, 0.6) is 11.5 Å². The molecule has 2 atom stereocenters. The molecule has 0 radical (unpaired) electrons. The van der Waals surface area contributed by atoms with Gasteiger partial charge in [-0.3, -0.25) is 0 Å². The first-order valence-corrected chi connectivity index (χ1v) is 11.5. The molecular weight excluding hydrogens is 417 g/mol. The molecule has 0 spiro atoms. The summed E-state index contributed by atoms with van der Waals surface area (Å²) in [6, 6.07) is 10.4. The van der Waals surface area contributed by atoms with Crippen molar-refractivity contribution in [3.63, 3.8) is 0 Å². The van der Waals surface area contributed by atoms with E-state index in [-0.39, 0.29) is 11.7 Å². The second kappa shape index (κ2) is 8.36. The standard InChI is InChI=1S/C23H22FN3O3S/c1-15-10-25-23(26-11-15)27-7-6-16(12-27)13-29-20-4-2-17(8-19(20)24)18-3-5-22-21(9-18)30-14-31(22)28/h2-5,8-11,16H,6-7,12-14H2,1H3/t16-,31-/m0/s1. The molecule has 0 aliphatic carbocycles. The third-order valence-corrected chi connectivity index (χ3v) is 6.75. The Labute approximate surface area is 183 Å². The molecule has 0 unspecified atom stereocenters. The van der Waals surface area contributed by atoms with Gasteiger partial charge in [0.25, 0.3) is 5.94 Å². The van der Waals surface area contributed by atoms with Crippen LogP contribution in [0.3, 0.4) is 0 Å². The van der Waals surface area contributed by atoms with Crippen molar-refractivity contribution >= 4 is 17.1 Å². The fourth-order valence-electron chi connectivity index (χ4n) is 3.87. The van der Waals surface area contributed by atoms with Gasteiger partial charge in [0, 0.05) is 42.6 Å². The third-order valence-electron chi connectivity index (χ3n) is 5.59. The van der Waals surface area contributed by atoms with Gasteiger partial charge in [-0.1, -0.05) is 6.07 Å². The second-order valence-electron chi connectivity index (χ2n) is 7.89. The van der Waals surface area contributed by atoms with E-state index in [1.165, 1.54) is 6.07 Å². The quantitative estimate of drug-likeness (QED) is 0.561. The van der Waals surface area contributed by atoms with Crippen molar-refractivity contribution in [2.75, 3.05) is 30.5 Å². The monoisotopic (exact) mass is 439 g/mol. The van der Waals surface area contributed by atoms with Crippen LogP contribution >= 0.6 is 0 Å². The number of halogens is 1. The van der Waals surface area contributed by atoms with Crippen LogP contribution in [0.25, 0.3) is 11.1 Å². The number of hydrogen-bond acceptors (Lipinski definition) is 6. The Balaban J connectivity index is 1.22. The predicted molar refractivity (Wildman–Crippen MR) is 116 cm³/mol. The Kier molecular flexibility index (Phi) is 5.41. The smallest absolute Gasteiger partial charge is 0.250 e. The number of aryl methyl sites for hydroxylation is 1. The minimum Gasteiger partial charge on any atom is -0.609 e. The lowest BCUT2D eigenvalue weighted by atomic mass is 10.0. The van der Waals surface area contributed by atoms with Crippen molar-refractivity contribution in [3.8, 4) is 22.6 Å². The van der Waals surface area contributed by atoms with E-state index in [1.807, 2.05) is 31.5 Å². The summed E-state index contributed by atoms with van der Waals surface area (Å²) in [5, 5.41) is 0. The van der Waals surface area contributed by atoms with Crippen molar-refractivity contribution < 1.29 is 18.4 Å². The van der Waals surface area contributed by atoms with Gasteiger partial charge in [-0.25, -0.2) is 14.4 Å². The fraction of sp³-hybridized carbons (Fsp3) is 0.304. The van der Waals surface area contributed by atoms with Gasteiger partial charge in [0.2, 0.25) is 5.95 Å². The van der Waals surface area contributed by atoms with E-state index in [1.54, 1.807) is 18.2 Å². The minimum atomic E-state index is -1.12. The molecule has 0 N–H and O–H groups in total. The number of nitrogens with zero attached hydrogens (tertiary/aromatic N) is 3. The lowest BCUT2D eigenvalue weighted by Crippen LogP contribution is -2.23. The highest BCUT2D eigenvalue weighted by atomic mass is 32.2. The lowest BCUT2D eigenvalue weighted by molar-refractivity contribution is 0.250. The van der Waals surface area contributed by atoms with E-state index in [4.69, 9.17) is 9.47 Å². The Morgan fingerprint density at radius 3 is 2.77 bits per heavy atom. The van der Waals surface area contributed by atoms with Gasteiger partial charge in [-0.2, -0.15) is 0 Å². The average molecular weight is 440 g/mol. The van der Waals surface area contributed by atoms with Gasteiger partial charge >= 0.3 is 0 Å². The summed E-state index contributed by atoms with van der Waals surface area (Å²) in [7, 11) is 0. The predicted octanol–water partition coefficient (Wildman–Crippen LogP) is 3.95. The van der Waals surface area contributed by atoms with Gasteiger partial charge in [0.1, 0.15) is 0 Å². The molecule has 1 fully saturated rings. The van der Waals surface area contributed by atoms with E-state index >= 15 is 0 Å². The first kappa shape index (κ1) is 20.1. The van der Waals surface area contributed by atoms with Crippen molar-refractivity contribution in [3.05, 3.63) is 60.2 Å². The van der Waals surface area contributed by atoms with E-state index in [2.05, 4.69) is 14.9 Å². The van der Waals surface area contributed by atoms with Crippen molar-refractivity contribution in [2.24, 2.45) is 5.92 Å². The zero-order chi connectivity index (χ0) is 21.4. The highest BCUT2D eigenvalue weighted by molar-refractivity contribution is 7.91. The van der Waals surface area contributed by atoms with Crippen LogP contribution in [0, 0.1) is 18.7 Å². The van der Waals surface area contributed by atoms with Crippen LogP contribution in [0.2, 0.25) is 0 Å². The number of benzene rings is 2. The molecule has 2 aliphatic rings. The summed E-state index contributed by atoms with van der Waals surface area (Å²) < 4.78 is 37.7. The Bertz CT molecular complexity index is 1100. The maximum atomic E-state index is 14.7. The van der Waals surface area contributed by atoms with Crippen LogP contribution in [-0.4, -0.2) is 40.2 Å². The molecule has 0 bridgehead atoms. The molecule has 2 aromatic carbocycles. The number of anilines is 1. The first-order chi connectivity index (χ1) is 15.1. The summed E-state index contributed by atoms with van der Waals surface area (Å²) in [5.74, 6) is 1.63. The van der Waals surface area contributed by atoms with E-state index < -0.39 is 17.0 Å². The molecule has 31 heavy (non-hydrogen) atoms. The molecule has 0 amide bonds. The molecule has 8 heteroatoms. The summed E-state index contributed by atoms with van der Waals surface area (Å²) in [6.07, 6.45) is 4.58. The molecular formula is C23H22FN3O3S. The number of hydrogen-bond donors (Lipinski definition) is 0. The molecule has 3 aromatic rings. The summed E-state index contributed by atoms with van der Waals surface area (Å²) in [4.78, 5) is 11.6. The average Bonchev–Trinajstić information content (AvgIpc) is 3.40. The highest BCUT2D eigenvalue weighted by Crippen LogP contribution is 2.36. The largest absolute Gasteiger partial charge is 0.609 e. The van der Waals surface area contributed by atoms with Gasteiger partial charge in [0.15, 0.2) is 22.2 Å². The zero-order valence-corrected chi connectivity index (χ0v) is 17.9. The number of ether oxygens (including phenoxy) is 2. The molecule has 3 heterocycles. The summed E-state index contributed by atoms with van der Waals surface area (Å²) in [6.45, 7) is 4.06. The topological polar surface area (TPSA) is 70.5 Å². The van der Waals surface area contributed by atoms with E-state index in [0.29, 0.717) is 23.2 Å². The Morgan fingerprint density at radius 1 is 1.19 bits per heavy atom. The fourth-order valence-corrected chi connectivity index (χ4v) is 4.80. The number of fused-ring (bicyclic) bond motifs is 1. The van der Waals surface area contributed by atoms with E-state index in [0.717, 1.165) is 42.1 Å². The molecule has 1 aromatic heterocycles. The van der Waals surface area contributed by atoms with Crippen LogP contribution in [0.1, 0.15) is 12.0 Å². The van der Waals surface area contributed by atoms with Gasteiger partial charge in [-0.15, -0.1) is 0 Å². The summed E-state index contributed by atoms with van der Waals surface area (Å²) in [5.41, 5.74) is 2.56. The zero-order valence-electron chi connectivity index (χ0n) is 17.1. The first-order valence-electron chi connectivity index (χ1n) is 10.2. The van der Waals surface area contributed by atoms with Crippen molar-refractivity contribution in [2.45, 2.75) is 18.2 Å². The van der Waals surface area contributed by atoms with Gasteiger partial charge < -0.3 is 18.9 Å². The molecule has 160 valence electrons. The van der Waals surface area contributed by atoms with E-state index in [9.17, 15) is 8.94 Å². The third kappa shape index (κ3) is 4.18. The normalized spacial score (nSPS) is 19.9. The molecule has 0 saturated carbocycles. The van der Waals surface area contributed by atoms with Crippen molar-refractivity contribution in [1.29, 1.82) is 0 Å². The van der Waals surface area contributed by atoms with Crippen LogP contribution < -0.4 is 14.4 Å². The molecule has 2 aliphatic heterocycles. The van der Waals surface area contributed by atoms with Crippen LogP contribution in [0.4, 0.5) is 10.3 Å². The lowest BCUT2D eigenvalue weighted by Gasteiger charge is -2.16. The van der Waals surface area contributed by atoms with Gasteiger partial charge in [-0.05, 0) is 60.4 Å². The molecule has 6 nitrogen and oxygen atoms in total.